The molecule has 0 bridgehead atoms. The number of aliphatic hydroxyl groups is 1. The van der Waals surface area contributed by atoms with Gasteiger partial charge in [0.15, 0.2) is 0 Å². The standard InChI is InChI=1S/C23H24N4O2/c28-13-11-24-22-15-20(25-16-26-22)18-8-4-9-19(14-18)23(29)27-12-5-10-21(27)17-6-2-1-3-7-17/h1-4,6-9,14-16,21,28H,5,10-13H2,(H,24,25,26). The van der Waals surface area contributed by atoms with Gasteiger partial charge < -0.3 is 15.3 Å². The molecule has 1 saturated heterocycles. The van der Waals surface area contributed by atoms with Gasteiger partial charge in [0.05, 0.1) is 18.3 Å². The minimum absolute atomic E-state index is 0.0295. The van der Waals surface area contributed by atoms with E-state index in [0.29, 0.717) is 17.9 Å². The summed E-state index contributed by atoms with van der Waals surface area (Å²) in [7, 11) is 0. The van der Waals surface area contributed by atoms with Crippen molar-refractivity contribution in [1.82, 2.24) is 14.9 Å². The summed E-state index contributed by atoms with van der Waals surface area (Å²) in [5, 5.41) is 12.0. The second-order valence-electron chi connectivity index (χ2n) is 7.09. The lowest BCUT2D eigenvalue weighted by atomic mass is 10.0. The zero-order chi connectivity index (χ0) is 20.1. The highest BCUT2D eigenvalue weighted by atomic mass is 16.3. The number of aliphatic hydroxyl groups excluding tert-OH is 1. The van der Waals surface area contributed by atoms with Crippen molar-refractivity contribution in [1.29, 1.82) is 0 Å². The minimum Gasteiger partial charge on any atom is -0.395 e. The van der Waals surface area contributed by atoms with E-state index in [1.807, 2.05) is 53.4 Å². The molecule has 2 heterocycles. The molecule has 2 N–H and O–H groups in total. The molecule has 148 valence electrons. The largest absolute Gasteiger partial charge is 0.395 e. The Hall–Kier alpha value is -3.25. The van der Waals surface area contributed by atoms with E-state index in [-0.39, 0.29) is 18.6 Å². The van der Waals surface area contributed by atoms with Gasteiger partial charge in [-0.2, -0.15) is 0 Å². The predicted molar refractivity (Wildman–Crippen MR) is 112 cm³/mol. The third-order valence-electron chi connectivity index (χ3n) is 5.19. The van der Waals surface area contributed by atoms with Gasteiger partial charge in [0.1, 0.15) is 12.1 Å². The molecule has 6 heteroatoms. The average molecular weight is 388 g/mol. The summed E-state index contributed by atoms with van der Waals surface area (Å²) in [6.45, 7) is 1.22. The number of aromatic nitrogens is 2. The Balaban J connectivity index is 1.58. The smallest absolute Gasteiger partial charge is 0.254 e. The summed E-state index contributed by atoms with van der Waals surface area (Å²) in [5.41, 5.74) is 3.44. The number of nitrogens with zero attached hydrogens (tertiary/aromatic N) is 3. The SMILES string of the molecule is O=C(c1cccc(-c2cc(NCCO)ncn2)c1)N1CCCC1c1ccccc1. The molecule has 29 heavy (non-hydrogen) atoms. The molecule has 3 aromatic rings. The van der Waals surface area contributed by atoms with Crippen molar-refractivity contribution in [2.75, 3.05) is 25.0 Å². The Morgan fingerprint density at radius 2 is 1.97 bits per heavy atom. The fourth-order valence-electron chi connectivity index (χ4n) is 3.80. The Bertz CT molecular complexity index is 977. The molecule has 1 amide bonds. The maximum atomic E-state index is 13.3. The van der Waals surface area contributed by atoms with Crippen LogP contribution in [-0.2, 0) is 0 Å². The minimum atomic E-state index is 0.0295. The molecule has 0 radical (unpaired) electrons. The highest BCUT2D eigenvalue weighted by molar-refractivity contribution is 5.95. The summed E-state index contributed by atoms with van der Waals surface area (Å²) in [5.74, 6) is 0.690. The first-order valence-corrected chi connectivity index (χ1v) is 9.89. The zero-order valence-electron chi connectivity index (χ0n) is 16.2. The van der Waals surface area contributed by atoms with Crippen molar-refractivity contribution in [3.63, 3.8) is 0 Å². The monoisotopic (exact) mass is 388 g/mol. The summed E-state index contributed by atoms with van der Waals surface area (Å²) in [4.78, 5) is 23.7. The van der Waals surface area contributed by atoms with Crippen molar-refractivity contribution in [3.8, 4) is 11.3 Å². The molecule has 6 nitrogen and oxygen atoms in total. The molecule has 1 fully saturated rings. The molecule has 0 aliphatic carbocycles. The highest BCUT2D eigenvalue weighted by Crippen LogP contribution is 2.33. The van der Waals surface area contributed by atoms with E-state index in [1.165, 1.54) is 11.9 Å². The van der Waals surface area contributed by atoms with Gasteiger partial charge in [-0.1, -0.05) is 42.5 Å². The first-order valence-electron chi connectivity index (χ1n) is 9.89. The summed E-state index contributed by atoms with van der Waals surface area (Å²) >= 11 is 0. The highest BCUT2D eigenvalue weighted by Gasteiger charge is 2.30. The fraction of sp³-hybridized carbons (Fsp3) is 0.261. The molecule has 0 saturated carbocycles. The van der Waals surface area contributed by atoms with E-state index in [0.717, 1.165) is 30.6 Å². The van der Waals surface area contributed by atoms with Crippen LogP contribution in [0.3, 0.4) is 0 Å². The Labute approximate surface area is 170 Å². The summed E-state index contributed by atoms with van der Waals surface area (Å²) in [6.07, 6.45) is 3.48. The average Bonchev–Trinajstić information content (AvgIpc) is 3.28. The Morgan fingerprint density at radius 1 is 1.10 bits per heavy atom. The zero-order valence-corrected chi connectivity index (χ0v) is 16.2. The van der Waals surface area contributed by atoms with Gasteiger partial charge in [0.2, 0.25) is 0 Å². The number of benzene rings is 2. The van der Waals surface area contributed by atoms with Gasteiger partial charge in [0.25, 0.3) is 5.91 Å². The van der Waals surface area contributed by atoms with Crippen molar-refractivity contribution >= 4 is 11.7 Å². The van der Waals surface area contributed by atoms with E-state index in [9.17, 15) is 4.79 Å². The van der Waals surface area contributed by atoms with Crippen LogP contribution in [0.15, 0.2) is 67.0 Å². The van der Waals surface area contributed by atoms with Crippen molar-refractivity contribution in [3.05, 3.63) is 78.1 Å². The van der Waals surface area contributed by atoms with Gasteiger partial charge in [-0.15, -0.1) is 0 Å². The van der Waals surface area contributed by atoms with Gasteiger partial charge in [0, 0.05) is 30.3 Å². The molecule has 1 aliphatic rings. The lowest BCUT2D eigenvalue weighted by Gasteiger charge is -2.25. The Morgan fingerprint density at radius 3 is 2.79 bits per heavy atom. The van der Waals surface area contributed by atoms with E-state index >= 15 is 0 Å². The van der Waals surface area contributed by atoms with Gasteiger partial charge in [-0.05, 0) is 30.5 Å². The van der Waals surface area contributed by atoms with Crippen LogP contribution in [0.4, 0.5) is 5.82 Å². The maximum absolute atomic E-state index is 13.3. The van der Waals surface area contributed by atoms with Crippen LogP contribution in [0.25, 0.3) is 11.3 Å². The topological polar surface area (TPSA) is 78.3 Å². The number of hydrogen-bond donors (Lipinski definition) is 2. The number of carbonyl (C=O) groups is 1. The predicted octanol–water partition coefficient (Wildman–Crippen LogP) is 3.53. The molecule has 1 aromatic heterocycles. The molecule has 1 unspecified atom stereocenters. The first-order chi connectivity index (χ1) is 14.3. The van der Waals surface area contributed by atoms with Crippen LogP contribution < -0.4 is 5.32 Å². The van der Waals surface area contributed by atoms with Gasteiger partial charge in [-0.25, -0.2) is 9.97 Å². The lowest BCUT2D eigenvalue weighted by Crippen LogP contribution is -2.30. The normalized spacial score (nSPS) is 16.0. The van der Waals surface area contributed by atoms with Crippen LogP contribution in [0.2, 0.25) is 0 Å². The molecule has 2 aromatic carbocycles. The molecule has 1 aliphatic heterocycles. The quantitative estimate of drug-likeness (QED) is 0.675. The summed E-state index contributed by atoms with van der Waals surface area (Å²) in [6, 6.07) is 19.7. The fourth-order valence-corrected chi connectivity index (χ4v) is 3.80. The third-order valence-corrected chi connectivity index (χ3v) is 5.19. The van der Waals surface area contributed by atoms with Crippen molar-refractivity contribution in [2.24, 2.45) is 0 Å². The lowest BCUT2D eigenvalue weighted by molar-refractivity contribution is 0.0735. The number of nitrogens with one attached hydrogen (secondary N) is 1. The van der Waals surface area contributed by atoms with Crippen LogP contribution in [0.5, 0.6) is 0 Å². The molecule has 1 atom stereocenters. The van der Waals surface area contributed by atoms with E-state index in [1.54, 1.807) is 0 Å². The molecular formula is C23H24N4O2. The van der Waals surface area contributed by atoms with Crippen LogP contribution in [0, 0.1) is 0 Å². The number of anilines is 1. The summed E-state index contributed by atoms with van der Waals surface area (Å²) < 4.78 is 0. The molecular weight excluding hydrogens is 364 g/mol. The van der Waals surface area contributed by atoms with Crippen LogP contribution >= 0.6 is 0 Å². The number of carbonyl (C=O) groups excluding carboxylic acids is 1. The molecule has 0 spiro atoms. The number of likely N-dealkylation sites (tertiary alicyclic amines) is 1. The van der Waals surface area contributed by atoms with Crippen LogP contribution in [-0.4, -0.2) is 45.6 Å². The second-order valence-corrected chi connectivity index (χ2v) is 7.09. The van der Waals surface area contributed by atoms with E-state index in [2.05, 4.69) is 27.4 Å². The number of rotatable bonds is 6. The van der Waals surface area contributed by atoms with Gasteiger partial charge >= 0.3 is 0 Å². The Kier molecular flexibility index (Phi) is 5.81. The van der Waals surface area contributed by atoms with Crippen molar-refractivity contribution in [2.45, 2.75) is 18.9 Å². The number of amides is 1. The first kappa shape index (κ1) is 19.1. The number of hydrogen-bond acceptors (Lipinski definition) is 5. The third kappa shape index (κ3) is 4.27. The van der Waals surface area contributed by atoms with Gasteiger partial charge in [-0.3, -0.25) is 4.79 Å². The van der Waals surface area contributed by atoms with Crippen molar-refractivity contribution < 1.29 is 9.90 Å². The second kappa shape index (κ2) is 8.84. The van der Waals surface area contributed by atoms with Crippen LogP contribution in [0.1, 0.15) is 34.8 Å². The van der Waals surface area contributed by atoms with E-state index in [4.69, 9.17) is 5.11 Å². The maximum Gasteiger partial charge on any atom is 0.254 e. The van der Waals surface area contributed by atoms with E-state index < -0.39 is 0 Å². The molecule has 4 rings (SSSR count).